The molecule has 0 amide bonds. The number of rotatable bonds is 4. The lowest BCUT2D eigenvalue weighted by Crippen LogP contribution is -2.37. The molecule has 104 valence electrons. The zero-order valence-electron chi connectivity index (χ0n) is 12.0. The minimum atomic E-state index is 0. The highest BCUT2D eigenvalue weighted by atomic mass is 15.3. The zero-order valence-corrected chi connectivity index (χ0v) is 12.0. The topological polar surface area (TPSA) is 70.0 Å². The highest BCUT2D eigenvalue weighted by Gasteiger charge is 2.16. The van der Waals surface area contributed by atoms with Crippen LogP contribution in [0.25, 0.3) is 0 Å². The maximum atomic E-state index is 2.28. The van der Waals surface area contributed by atoms with Gasteiger partial charge in [-0.3, -0.25) is 0 Å². The van der Waals surface area contributed by atoms with Crippen molar-refractivity contribution in [3.8, 4) is 0 Å². The number of benzene rings is 2. The molecule has 0 aliphatic heterocycles. The van der Waals surface area contributed by atoms with Crippen LogP contribution >= 0.6 is 0 Å². The van der Waals surface area contributed by atoms with E-state index in [0.29, 0.717) is 0 Å². The summed E-state index contributed by atoms with van der Waals surface area (Å²) in [4.78, 5) is 0. The van der Waals surface area contributed by atoms with Crippen molar-refractivity contribution < 1.29 is 4.48 Å². The minimum Gasteiger partial charge on any atom is -0.344 e. The van der Waals surface area contributed by atoms with Gasteiger partial charge in [0.25, 0.3) is 0 Å². The summed E-state index contributed by atoms with van der Waals surface area (Å²) in [7, 11) is 4.56. The van der Waals surface area contributed by atoms with E-state index in [1.165, 1.54) is 11.1 Å². The lowest BCUT2D eigenvalue weighted by molar-refractivity contribution is -0.916. The molecular weight excluding hydrogens is 234 g/mol. The molecule has 3 nitrogen and oxygen atoms in total. The second-order valence-electron chi connectivity index (χ2n) is 5.22. The molecule has 0 unspecified atom stereocenters. The molecule has 0 saturated heterocycles. The smallest absolute Gasteiger partial charge is 0.104 e. The summed E-state index contributed by atoms with van der Waals surface area (Å²) < 4.78 is 0.980. The van der Waals surface area contributed by atoms with Gasteiger partial charge in [-0.15, -0.1) is 0 Å². The van der Waals surface area contributed by atoms with Crippen LogP contribution in [0.5, 0.6) is 0 Å². The van der Waals surface area contributed by atoms with E-state index < -0.39 is 0 Å². The fourth-order valence-electron chi connectivity index (χ4n) is 2.21. The molecule has 0 spiro atoms. The van der Waals surface area contributed by atoms with Crippen LogP contribution in [0.3, 0.4) is 0 Å². The Morgan fingerprint density at radius 3 is 1.26 bits per heavy atom. The van der Waals surface area contributed by atoms with Crippen LogP contribution in [-0.2, 0) is 13.1 Å². The summed E-state index contributed by atoms with van der Waals surface area (Å²) in [6, 6.07) is 21.4. The van der Waals surface area contributed by atoms with Crippen LogP contribution < -0.4 is 12.3 Å². The standard InChI is InChI=1S/C16H20N.2H3N/c1-17(2,13-15-9-5-3-6-10-15)14-16-11-7-4-8-12-16;;/h3-12H,13-14H2,1-2H3;2*1H3/q+1;;. The van der Waals surface area contributed by atoms with E-state index in [-0.39, 0.29) is 12.3 Å². The summed E-state index contributed by atoms with van der Waals surface area (Å²) in [6.07, 6.45) is 0. The number of hydrogen-bond acceptors (Lipinski definition) is 2. The Labute approximate surface area is 116 Å². The predicted molar refractivity (Wildman–Crippen MR) is 82.4 cm³/mol. The van der Waals surface area contributed by atoms with E-state index >= 15 is 0 Å². The van der Waals surface area contributed by atoms with Crippen molar-refractivity contribution in [2.45, 2.75) is 13.1 Å². The first kappa shape index (κ1) is 17.3. The van der Waals surface area contributed by atoms with E-state index in [1.54, 1.807) is 0 Å². The van der Waals surface area contributed by atoms with Gasteiger partial charge in [0.05, 0.1) is 14.1 Å². The normalized spacial score (nSPS) is 10.2. The van der Waals surface area contributed by atoms with E-state index in [0.717, 1.165) is 17.6 Å². The van der Waals surface area contributed by atoms with E-state index in [2.05, 4.69) is 74.8 Å². The molecule has 0 aliphatic rings. The second-order valence-corrected chi connectivity index (χ2v) is 5.22. The average molecular weight is 260 g/mol. The minimum absolute atomic E-state index is 0. The fourth-order valence-corrected chi connectivity index (χ4v) is 2.21. The van der Waals surface area contributed by atoms with Crippen molar-refractivity contribution in [1.82, 2.24) is 12.3 Å². The van der Waals surface area contributed by atoms with Gasteiger partial charge in [0.2, 0.25) is 0 Å². The molecule has 0 fully saturated rings. The van der Waals surface area contributed by atoms with Crippen LogP contribution in [0, 0.1) is 0 Å². The molecule has 0 aliphatic carbocycles. The van der Waals surface area contributed by atoms with Crippen molar-refractivity contribution in [2.75, 3.05) is 14.1 Å². The van der Waals surface area contributed by atoms with Crippen molar-refractivity contribution in [2.24, 2.45) is 0 Å². The molecule has 0 saturated carbocycles. The fraction of sp³-hybridized carbons (Fsp3) is 0.250. The largest absolute Gasteiger partial charge is 0.344 e. The summed E-state index contributed by atoms with van der Waals surface area (Å²) in [5.74, 6) is 0. The molecule has 19 heavy (non-hydrogen) atoms. The maximum absolute atomic E-state index is 2.28. The van der Waals surface area contributed by atoms with Crippen LogP contribution in [0.2, 0.25) is 0 Å². The van der Waals surface area contributed by atoms with Crippen LogP contribution in [0.4, 0.5) is 0 Å². The molecule has 3 heteroatoms. The number of hydrogen-bond donors (Lipinski definition) is 2. The van der Waals surface area contributed by atoms with Gasteiger partial charge in [-0.2, -0.15) is 0 Å². The molecule has 2 aromatic carbocycles. The van der Waals surface area contributed by atoms with Gasteiger partial charge in [-0.25, -0.2) is 0 Å². The zero-order chi connectivity index (χ0) is 12.1. The predicted octanol–water partition coefficient (Wildman–Crippen LogP) is 3.79. The monoisotopic (exact) mass is 260 g/mol. The van der Waals surface area contributed by atoms with Crippen LogP contribution in [0.15, 0.2) is 60.7 Å². The van der Waals surface area contributed by atoms with Crippen molar-refractivity contribution in [3.05, 3.63) is 71.8 Å². The molecule has 0 bridgehead atoms. The maximum Gasteiger partial charge on any atom is 0.104 e. The molecule has 0 atom stereocenters. The van der Waals surface area contributed by atoms with E-state index in [1.807, 2.05) is 0 Å². The highest BCUT2D eigenvalue weighted by molar-refractivity contribution is 5.15. The Hall–Kier alpha value is -1.68. The van der Waals surface area contributed by atoms with Gasteiger partial charge in [0.15, 0.2) is 0 Å². The van der Waals surface area contributed by atoms with Crippen molar-refractivity contribution in [1.29, 1.82) is 0 Å². The third-order valence-corrected chi connectivity index (χ3v) is 2.91. The highest BCUT2D eigenvalue weighted by Crippen LogP contribution is 2.14. The first-order valence-corrected chi connectivity index (χ1v) is 6.06. The molecule has 2 aromatic rings. The van der Waals surface area contributed by atoms with Crippen molar-refractivity contribution in [3.63, 3.8) is 0 Å². The first-order chi connectivity index (χ1) is 8.16. The first-order valence-electron chi connectivity index (χ1n) is 6.06. The van der Waals surface area contributed by atoms with Gasteiger partial charge in [-0.1, -0.05) is 60.7 Å². The Balaban J connectivity index is 0.00000162. The third kappa shape index (κ3) is 5.66. The number of nitrogens with zero attached hydrogens (tertiary/aromatic N) is 1. The van der Waals surface area contributed by atoms with E-state index in [9.17, 15) is 0 Å². The quantitative estimate of drug-likeness (QED) is 0.821. The summed E-state index contributed by atoms with van der Waals surface area (Å²) in [5, 5.41) is 0. The average Bonchev–Trinajstić information content (AvgIpc) is 2.30. The van der Waals surface area contributed by atoms with E-state index in [4.69, 9.17) is 0 Å². The lowest BCUT2D eigenvalue weighted by atomic mass is 10.1. The molecule has 2 rings (SSSR count). The summed E-state index contributed by atoms with van der Waals surface area (Å²) >= 11 is 0. The van der Waals surface area contributed by atoms with Gasteiger partial charge in [-0.05, 0) is 0 Å². The summed E-state index contributed by atoms with van der Waals surface area (Å²) in [5.41, 5.74) is 2.79. The molecule has 0 radical (unpaired) electrons. The second kappa shape index (κ2) is 7.69. The Bertz CT molecular complexity index is 408. The third-order valence-electron chi connectivity index (χ3n) is 2.91. The molecule has 0 heterocycles. The van der Waals surface area contributed by atoms with Crippen molar-refractivity contribution >= 4 is 0 Å². The van der Waals surface area contributed by atoms with Gasteiger partial charge < -0.3 is 16.8 Å². The number of quaternary nitrogens is 1. The van der Waals surface area contributed by atoms with Gasteiger partial charge in [0.1, 0.15) is 13.1 Å². The molecule has 0 aromatic heterocycles. The Morgan fingerprint density at radius 1 is 0.632 bits per heavy atom. The SMILES string of the molecule is C[N+](C)(Cc1ccccc1)Cc1ccccc1.N.N. The molecule has 6 N–H and O–H groups in total. The van der Waals surface area contributed by atoms with Crippen LogP contribution in [0.1, 0.15) is 11.1 Å². The lowest BCUT2D eigenvalue weighted by Gasteiger charge is -2.30. The van der Waals surface area contributed by atoms with Gasteiger partial charge in [0, 0.05) is 11.1 Å². The Morgan fingerprint density at radius 2 is 0.947 bits per heavy atom. The van der Waals surface area contributed by atoms with Crippen LogP contribution in [-0.4, -0.2) is 18.6 Å². The Kier molecular flexibility index (Phi) is 7.01. The summed E-state index contributed by atoms with van der Waals surface area (Å²) in [6.45, 7) is 2.13. The molecular formula is C16H26N3+. The van der Waals surface area contributed by atoms with Gasteiger partial charge >= 0.3 is 0 Å².